The van der Waals surface area contributed by atoms with Crippen molar-refractivity contribution in [3.05, 3.63) is 42.2 Å². The molecule has 3 heterocycles. The molecule has 152 valence electrons. The standard InChI is InChI=1S/C18H21N7O4/c19-15-12-16(21-9-20-15)25(17-14(28)13(27)11(8-26)29-17)18(23-12)24-22-7-6-10-4-2-1-3-5-10/h1-5,7,9,11,13-14,17,26-28H,6,8H2,(H,23,24)(H2,19,20,21). The van der Waals surface area contributed by atoms with Crippen molar-refractivity contribution in [2.45, 2.75) is 31.0 Å². The highest BCUT2D eigenvalue weighted by Gasteiger charge is 2.45. The minimum atomic E-state index is -1.31. The molecule has 6 N–H and O–H groups in total. The van der Waals surface area contributed by atoms with E-state index < -0.39 is 31.1 Å². The highest BCUT2D eigenvalue weighted by molar-refractivity contribution is 5.84. The molecular formula is C18H21N7O4. The van der Waals surface area contributed by atoms with Crippen molar-refractivity contribution in [1.29, 1.82) is 0 Å². The zero-order valence-electron chi connectivity index (χ0n) is 15.3. The molecule has 0 radical (unpaired) electrons. The normalized spacial score (nSPS) is 24.5. The van der Waals surface area contributed by atoms with Gasteiger partial charge in [0.1, 0.15) is 24.6 Å². The third kappa shape index (κ3) is 3.63. The molecule has 0 spiro atoms. The Balaban J connectivity index is 1.65. The van der Waals surface area contributed by atoms with Crippen LogP contribution in [0.3, 0.4) is 0 Å². The fourth-order valence-electron chi connectivity index (χ4n) is 3.21. The lowest BCUT2D eigenvalue weighted by molar-refractivity contribution is -0.0501. The van der Waals surface area contributed by atoms with E-state index >= 15 is 0 Å². The largest absolute Gasteiger partial charge is 0.394 e. The topological polar surface area (TPSA) is 164 Å². The van der Waals surface area contributed by atoms with Gasteiger partial charge in [0.2, 0.25) is 5.95 Å². The van der Waals surface area contributed by atoms with Gasteiger partial charge in [-0.3, -0.25) is 4.57 Å². The molecule has 3 aromatic rings. The van der Waals surface area contributed by atoms with Crippen molar-refractivity contribution in [2.24, 2.45) is 5.10 Å². The lowest BCUT2D eigenvalue weighted by Gasteiger charge is -2.18. The van der Waals surface area contributed by atoms with Gasteiger partial charge >= 0.3 is 0 Å². The summed E-state index contributed by atoms with van der Waals surface area (Å²) < 4.78 is 7.06. The number of rotatable bonds is 6. The van der Waals surface area contributed by atoms with Crippen LogP contribution in [0.4, 0.5) is 11.8 Å². The van der Waals surface area contributed by atoms with Crippen molar-refractivity contribution in [3.63, 3.8) is 0 Å². The lowest BCUT2D eigenvalue weighted by Crippen LogP contribution is -2.33. The molecule has 0 aliphatic carbocycles. The minimum absolute atomic E-state index is 0.150. The zero-order valence-corrected chi connectivity index (χ0v) is 15.3. The minimum Gasteiger partial charge on any atom is -0.394 e. The van der Waals surface area contributed by atoms with Crippen LogP contribution in [0.2, 0.25) is 0 Å². The number of hydrogen-bond donors (Lipinski definition) is 5. The molecule has 11 nitrogen and oxygen atoms in total. The SMILES string of the molecule is Nc1ncnc2c1nc(NN=CCc1ccccc1)n2C1OC(CO)C(O)C1O. The first-order valence-electron chi connectivity index (χ1n) is 9.02. The molecule has 2 aromatic heterocycles. The van der Waals surface area contributed by atoms with Gasteiger partial charge in [-0.25, -0.2) is 20.4 Å². The number of hydrogen-bond acceptors (Lipinski definition) is 10. The van der Waals surface area contributed by atoms with Gasteiger partial charge < -0.3 is 25.8 Å². The first-order chi connectivity index (χ1) is 14.1. The lowest BCUT2D eigenvalue weighted by atomic mass is 10.1. The fourth-order valence-corrected chi connectivity index (χ4v) is 3.21. The molecule has 1 aliphatic rings. The molecule has 1 aromatic carbocycles. The maximum Gasteiger partial charge on any atom is 0.228 e. The third-order valence-corrected chi connectivity index (χ3v) is 4.70. The number of ether oxygens (including phenoxy) is 1. The van der Waals surface area contributed by atoms with Crippen LogP contribution >= 0.6 is 0 Å². The second-order valence-electron chi connectivity index (χ2n) is 6.58. The number of benzene rings is 1. The van der Waals surface area contributed by atoms with Gasteiger partial charge in [-0.1, -0.05) is 30.3 Å². The number of nitrogen functional groups attached to an aromatic ring is 1. The quantitative estimate of drug-likeness (QED) is 0.275. The van der Waals surface area contributed by atoms with Crippen molar-refractivity contribution in [1.82, 2.24) is 19.5 Å². The number of nitrogens with zero attached hydrogens (tertiary/aromatic N) is 5. The smallest absolute Gasteiger partial charge is 0.228 e. The number of fused-ring (bicyclic) bond motifs is 1. The van der Waals surface area contributed by atoms with Crippen molar-refractivity contribution in [3.8, 4) is 0 Å². The average Bonchev–Trinajstić information content (AvgIpc) is 3.24. The van der Waals surface area contributed by atoms with Gasteiger partial charge in [-0.05, 0) is 5.56 Å². The number of anilines is 2. The van der Waals surface area contributed by atoms with E-state index in [2.05, 4.69) is 25.5 Å². The molecular weight excluding hydrogens is 378 g/mol. The second kappa shape index (κ2) is 8.09. The molecule has 4 rings (SSSR count). The number of aliphatic hydroxyl groups excluding tert-OH is 3. The predicted molar refractivity (Wildman–Crippen MR) is 105 cm³/mol. The van der Waals surface area contributed by atoms with E-state index in [1.165, 1.54) is 10.9 Å². The molecule has 11 heteroatoms. The Labute approximate surface area is 165 Å². The number of aromatic nitrogens is 4. The maximum atomic E-state index is 10.4. The molecule has 4 unspecified atom stereocenters. The van der Waals surface area contributed by atoms with Crippen LogP contribution in [0.1, 0.15) is 11.8 Å². The van der Waals surface area contributed by atoms with E-state index in [0.717, 1.165) is 5.56 Å². The van der Waals surface area contributed by atoms with E-state index in [0.29, 0.717) is 17.6 Å². The maximum absolute atomic E-state index is 10.4. The Kier molecular flexibility index (Phi) is 5.36. The molecule has 1 aliphatic heterocycles. The van der Waals surface area contributed by atoms with E-state index in [-0.39, 0.29) is 11.8 Å². The van der Waals surface area contributed by atoms with Gasteiger partial charge in [-0.15, -0.1) is 0 Å². The summed E-state index contributed by atoms with van der Waals surface area (Å²) in [6.45, 7) is -0.448. The number of imidazole rings is 1. The van der Waals surface area contributed by atoms with Crippen LogP contribution in [0.15, 0.2) is 41.8 Å². The summed E-state index contributed by atoms with van der Waals surface area (Å²) in [4.78, 5) is 12.5. The summed E-state index contributed by atoms with van der Waals surface area (Å²) in [6.07, 6.45) is -1.03. The number of aliphatic hydroxyl groups is 3. The van der Waals surface area contributed by atoms with E-state index in [1.807, 2.05) is 30.3 Å². The highest BCUT2D eigenvalue weighted by Crippen LogP contribution is 2.35. The molecule has 1 saturated heterocycles. The van der Waals surface area contributed by atoms with Crippen molar-refractivity contribution in [2.75, 3.05) is 17.8 Å². The van der Waals surface area contributed by atoms with Crippen LogP contribution in [0.5, 0.6) is 0 Å². The number of hydrazone groups is 1. The Morgan fingerprint density at radius 3 is 2.72 bits per heavy atom. The molecule has 0 amide bonds. The molecule has 0 bridgehead atoms. The summed E-state index contributed by atoms with van der Waals surface area (Å²) in [5, 5.41) is 34.1. The van der Waals surface area contributed by atoms with E-state index in [4.69, 9.17) is 10.5 Å². The Morgan fingerprint density at radius 2 is 2.00 bits per heavy atom. The molecule has 29 heavy (non-hydrogen) atoms. The van der Waals surface area contributed by atoms with E-state index in [9.17, 15) is 15.3 Å². The van der Waals surface area contributed by atoms with Gasteiger partial charge in [0.15, 0.2) is 23.2 Å². The zero-order chi connectivity index (χ0) is 20.4. The predicted octanol–water partition coefficient (Wildman–Crippen LogP) is -0.340. The summed E-state index contributed by atoms with van der Waals surface area (Å²) in [6, 6.07) is 9.79. The Morgan fingerprint density at radius 1 is 1.21 bits per heavy atom. The first kappa shape index (κ1) is 19.2. The summed E-state index contributed by atoms with van der Waals surface area (Å²) >= 11 is 0. The monoisotopic (exact) mass is 399 g/mol. The first-order valence-corrected chi connectivity index (χ1v) is 9.02. The van der Waals surface area contributed by atoms with Crippen LogP contribution in [-0.2, 0) is 11.2 Å². The number of nitrogens with one attached hydrogen (secondary N) is 1. The second-order valence-corrected chi connectivity index (χ2v) is 6.58. The average molecular weight is 399 g/mol. The van der Waals surface area contributed by atoms with Crippen LogP contribution in [0.25, 0.3) is 11.2 Å². The Bertz CT molecular complexity index is 1010. The fraction of sp³-hybridized carbons (Fsp3) is 0.333. The highest BCUT2D eigenvalue weighted by atomic mass is 16.6. The van der Waals surface area contributed by atoms with Gasteiger partial charge in [0, 0.05) is 12.6 Å². The summed E-state index contributed by atoms with van der Waals surface area (Å²) in [5.74, 6) is 0.350. The van der Waals surface area contributed by atoms with Crippen LogP contribution in [0, 0.1) is 0 Å². The molecule has 0 saturated carbocycles. The summed E-state index contributed by atoms with van der Waals surface area (Å²) in [5.41, 5.74) is 10.4. The van der Waals surface area contributed by atoms with Crippen molar-refractivity contribution >= 4 is 29.1 Å². The number of nitrogens with two attached hydrogens (primary N) is 1. The summed E-state index contributed by atoms with van der Waals surface area (Å²) in [7, 11) is 0. The van der Waals surface area contributed by atoms with Gasteiger partial charge in [0.25, 0.3) is 0 Å². The van der Waals surface area contributed by atoms with E-state index in [1.54, 1.807) is 6.21 Å². The van der Waals surface area contributed by atoms with Crippen molar-refractivity contribution < 1.29 is 20.1 Å². The van der Waals surface area contributed by atoms with Gasteiger partial charge in [0.05, 0.1) is 6.61 Å². The Hall–Kier alpha value is -3.12. The van der Waals surface area contributed by atoms with Gasteiger partial charge in [-0.2, -0.15) is 5.10 Å². The van der Waals surface area contributed by atoms with Crippen LogP contribution < -0.4 is 11.2 Å². The molecule has 1 fully saturated rings. The van der Waals surface area contributed by atoms with Crippen LogP contribution in [-0.4, -0.2) is 66.0 Å². The molecule has 4 atom stereocenters. The third-order valence-electron chi connectivity index (χ3n) is 4.70.